The summed E-state index contributed by atoms with van der Waals surface area (Å²) in [4.78, 5) is 35.8. The van der Waals surface area contributed by atoms with Crippen molar-refractivity contribution in [1.29, 1.82) is 0 Å². The first-order valence-corrected chi connectivity index (χ1v) is 7.73. The first-order valence-electron chi connectivity index (χ1n) is 6.66. The van der Waals surface area contributed by atoms with E-state index in [0.29, 0.717) is 3.58 Å². The third kappa shape index (κ3) is 5.99. The zero-order chi connectivity index (χ0) is 16.5. The maximum absolute atomic E-state index is 12.3. The fraction of sp³-hybridized carbons (Fsp3) is 0.533. The molecule has 0 aromatic rings. The van der Waals surface area contributed by atoms with Crippen molar-refractivity contribution in [2.24, 2.45) is 5.41 Å². The van der Waals surface area contributed by atoms with Crippen LogP contribution in [0.15, 0.2) is 22.3 Å². The molecule has 0 rings (SSSR count). The Morgan fingerprint density at radius 1 is 1.14 bits per heavy atom. The van der Waals surface area contributed by atoms with Crippen LogP contribution in [0, 0.1) is 5.41 Å². The molecule has 118 valence electrons. The van der Waals surface area contributed by atoms with Crippen LogP contribution in [-0.2, 0) is 23.9 Å². The van der Waals surface area contributed by atoms with Crippen LogP contribution in [0.5, 0.6) is 0 Å². The average Bonchev–Trinajstić information content (AvgIpc) is 2.37. The van der Waals surface area contributed by atoms with E-state index in [1.54, 1.807) is 13.8 Å². The lowest BCUT2D eigenvalue weighted by molar-refractivity contribution is -0.171. The number of ether oxygens (including phenoxy) is 2. The molecule has 0 saturated carbocycles. The van der Waals surface area contributed by atoms with Gasteiger partial charge in [0.05, 0.1) is 13.2 Å². The van der Waals surface area contributed by atoms with Crippen LogP contribution in [0.4, 0.5) is 0 Å². The third-order valence-corrected chi connectivity index (χ3v) is 3.35. The first-order chi connectivity index (χ1) is 9.83. The molecule has 0 bridgehead atoms. The van der Waals surface area contributed by atoms with Crippen molar-refractivity contribution >= 4 is 40.3 Å². The van der Waals surface area contributed by atoms with Crippen molar-refractivity contribution in [3.63, 3.8) is 0 Å². The molecular formula is C15H21IO5. The quantitative estimate of drug-likeness (QED) is 0.193. The van der Waals surface area contributed by atoms with Crippen LogP contribution < -0.4 is 0 Å². The van der Waals surface area contributed by atoms with E-state index in [1.165, 1.54) is 19.1 Å². The summed E-state index contributed by atoms with van der Waals surface area (Å²) >= 11 is 1.94. The Morgan fingerprint density at radius 3 is 1.95 bits per heavy atom. The fourth-order valence-electron chi connectivity index (χ4n) is 1.81. The third-order valence-electron chi connectivity index (χ3n) is 2.66. The highest BCUT2D eigenvalue weighted by Gasteiger charge is 2.48. The summed E-state index contributed by atoms with van der Waals surface area (Å²) in [5, 5.41) is 0. The minimum Gasteiger partial charge on any atom is -0.465 e. The van der Waals surface area contributed by atoms with Gasteiger partial charge in [0, 0.05) is 6.42 Å². The van der Waals surface area contributed by atoms with Gasteiger partial charge in [0.15, 0.2) is 11.2 Å². The Morgan fingerprint density at radius 2 is 1.62 bits per heavy atom. The lowest BCUT2D eigenvalue weighted by Gasteiger charge is -2.28. The highest BCUT2D eigenvalue weighted by atomic mass is 127. The minimum atomic E-state index is -1.49. The van der Waals surface area contributed by atoms with E-state index in [2.05, 4.69) is 6.58 Å². The molecule has 0 radical (unpaired) electrons. The molecule has 6 heteroatoms. The van der Waals surface area contributed by atoms with Crippen molar-refractivity contribution < 1.29 is 23.9 Å². The van der Waals surface area contributed by atoms with Gasteiger partial charge >= 0.3 is 11.9 Å². The van der Waals surface area contributed by atoms with Gasteiger partial charge in [-0.25, -0.2) is 0 Å². The van der Waals surface area contributed by atoms with Gasteiger partial charge in [-0.05, 0) is 59.4 Å². The number of carbonyl (C=O) groups excluding carboxylic acids is 3. The van der Waals surface area contributed by atoms with Crippen molar-refractivity contribution in [2.45, 2.75) is 33.6 Å². The summed E-state index contributed by atoms with van der Waals surface area (Å²) in [5.41, 5.74) is -1.49. The second kappa shape index (κ2) is 9.70. The molecule has 0 atom stereocenters. The molecule has 0 aliphatic heterocycles. The molecule has 0 saturated heterocycles. The summed E-state index contributed by atoms with van der Waals surface area (Å²) in [6.07, 6.45) is 3.00. The standard InChI is InChI=1S/C15H21IO5/c1-5-8-15(13(18)20-6-2,14(19)21-7-3)10-12(16)9-11(4)17/h5,9H,1,6-8,10H2,2-4H3. The minimum absolute atomic E-state index is 0.0524. The van der Waals surface area contributed by atoms with Crippen LogP contribution in [0.3, 0.4) is 0 Å². The van der Waals surface area contributed by atoms with Crippen LogP contribution >= 0.6 is 22.6 Å². The van der Waals surface area contributed by atoms with Crippen molar-refractivity contribution in [2.75, 3.05) is 13.2 Å². The molecule has 5 nitrogen and oxygen atoms in total. The molecule has 0 aliphatic carbocycles. The van der Waals surface area contributed by atoms with Gasteiger partial charge in [0.1, 0.15) is 0 Å². The van der Waals surface area contributed by atoms with Crippen molar-refractivity contribution in [3.05, 3.63) is 22.3 Å². The molecule has 0 fully saturated rings. The number of allylic oxidation sites excluding steroid dienone is 3. The number of ketones is 1. The number of hydrogen-bond donors (Lipinski definition) is 0. The molecule has 0 N–H and O–H groups in total. The zero-order valence-electron chi connectivity index (χ0n) is 12.6. The molecule has 21 heavy (non-hydrogen) atoms. The van der Waals surface area contributed by atoms with E-state index in [9.17, 15) is 14.4 Å². The lowest BCUT2D eigenvalue weighted by atomic mass is 9.80. The summed E-state index contributed by atoms with van der Waals surface area (Å²) in [7, 11) is 0. The van der Waals surface area contributed by atoms with Crippen LogP contribution in [0.1, 0.15) is 33.6 Å². The van der Waals surface area contributed by atoms with Gasteiger partial charge in [0.2, 0.25) is 0 Å². The second-order valence-corrected chi connectivity index (χ2v) is 5.78. The lowest BCUT2D eigenvalue weighted by Crippen LogP contribution is -2.42. The van der Waals surface area contributed by atoms with Crippen LogP contribution in [0.2, 0.25) is 0 Å². The monoisotopic (exact) mass is 408 g/mol. The number of rotatable bonds is 9. The topological polar surface area (TPSA) is 69.7 Å². The highest BCUT2D eigenvalue weighted by Crippen LogP contribution is 2.36. The largest absolute Gasteiger partial charge is 0.465 e. The maximum Gasteiger partial charge on any atom is 0.324 e. The Bertz CT molecular complexity index is 421. The molecule has 0 aliphatic rings. The van der Waals surface area contributed by atoms with Crippen molar-refractivity contribution in [3.8, 4) is 0 Å². The van der Waals surface area contributed by atoms with Crippen LogP contribution in [0.25, 0.3) is 0 Å². The van der Waals surface area contributed by atoms with E-state index in [4.69, 9.17) is 9.47 Å². The average molecular weight is 408 g/mol. The molecular weight excluding hydrogens is 387 g/mol. The van der Waals surface area contributed by atoms with Gasteiger partial charge in [-0.2, -0.15) is 0 Å². The molecule has 0 aromatic heterocycles. The van der Waals surface area contributed by atoms with E-state index in [-0.39, 0.29) is 31.8 Å². The number of carbonyl (C=O) groups is 3. The fourth-order valence-corrected chi connectivity index (χ4v) is 2.90. The van der Waals surface area contributed by atoms with Gasteiger partial charge in [-0.3, -0.25) is 14.4 Å². The second-order valence-electron chi connectivity index (χ2n) is 4.39. The number of esters is 2. The molecule has 0 spiro atoms. The Hall–Kier alpha value is -1.18. The predicted molar refractivity (Wildman–Crippen MR) is 87.9 cm³/mol. The maximum atomic E-state index is 12.3. The smallest absolute Gasteiger partial charge is 0.324 e. The molecule has 0 aromatic carbocycles. The Balaban J connectivity index is 5.66. The van der Waals surface area contributed by atoms with Gasteiger partial charge in [-0.1, -0.05) is 6.08 Å². The summed E-state index contributed by atoms with van der Waals surface area (Å²) in [5.74, 6) is -1.47. The Kier molecular flexibility index (Phi) is 9.16. The summed E-state index contributed by atoms with van der Waals surface area (Å²) in [6.45, 7) is 8.64. The SMILES string of the molecule is C=CCC(CC(I)=CC(C)=O)(C(=O)OCC)C(=O)OCC. The van der Waals surface area contributed by atoms with Crippen LogP contribution in [-0.4, -0.2) is 30.9 Å². The molecule has 0 unspecified atom stereocenters. The van der Waals surface area contributed by atoms with Gasteiger partial charge in [-0.15, -0.1) is 6.58 Å². The zero-order valence-corrected chi connectivity index (χ0v) is 14.8. The normalized spacial score (nSPS) is 11.7. The first kappa shape index (κ1) is 19.8. The van der Waals surface area contributed by atoms with Crippen molar-refractivity contribution in [1.82, 2.24) is 0 Å². The van der Waals surface area contributed by atoms with E-state index < -0.39 is 17.4 Å². The number of hydrogen-bond acceptors (Lipinski definition) is 5. The number of halogens is 1. The highest BCUT2D eigenvalue weighted by molar-refractivity contribution is 14.1. The van der Waals surface area contributed by atoms with E-state index >= 15 is 0 Å². The Labute approximate surface area is 138 Å². The predicted octanol–water partition coefficient (Wildman–Crippen LogP) is 2.97. The summed E-state index contributed by atoms with van der Waals surface area (Å²) in [6, 6.07) is 0. The van der Waals surface area contributed by atoms with Gasteiger partial charge in [0.25, 0.3) is 0 Å². The summed E-state index contributed by atoms with van der Waals surface area (Å²) < 4.78 is 10.6. The molecule has 0 heterocycles. The van der Waals surface area contributed by atoms with Gasteiger partial charge < -0.3 is 9.47 Å². The molecule has 0 amide bonds. The van der Waals surface area contributed by atoms with E-state index in [0.717, 1.165) is 0 Å². The van der Waals surface area contributed by atoms with E-state index in [1.807, 2.05) is 22.6 Å².